The van der Waals surface area contributed by atoms with Crippen molar-refractivity contribution in [2.75, 3.05) is 0 Å². The summed E-state index contributed by atoms with van der Waals surface area (Å²) in [4.78, 5) is 0. The fourth-order valence-corrected chi connectivity index (χ4v) is 1.82. The van der Waals surface area contributed by atoms with Crippen LogP contribution in [0.5, 0.6) is 5.75 Å². The van der Waals surface area contributed by atoms with Crippen LogP contribution >= 0.6 is 0 Å². The van der Waals surface area contributed by atoms with Crippen LogP contribution in [0.1, 0.15) is 38.3 Å². The Balaban J connectivity index is 2.72. The minimum Gasteiger partial charge on any atom is -0.406 e. The van der Waals surface area contributed by atoms with E-state index < -0.39 is 18.5 Å². The predicted molar refractivity (Wildman–Crippen MR) is 70.1 cm³/mol. The Kier molecular flexibility index (Phi) is 5.83. The van der Waals surface area contributed by atoms with Crippen LogP contribution in [0.2, 0.25) is 0 Å². The van der Waals surface area contributed by atoms with Crippen molar-refractivity contribution in [3.63, 3.8) is 0 Å². The zero-order chi connectivity index (χ0) is 15.3. The van der Waals surface area contributed by atoms with Crippen molar-refractivity contribution < 1.29 is 23.0 Å². The van der Waals surface area contributed by atoms with Gasteiger partial charge >= 0.3 is 6.36 Å². The summed E-state index contributed by atoms with van der Waals surface area (Å²) in [5.74, 6) is 0.0956. The van der Waals surface area contributed by atoms with Crippen molar-refractivity contribution in [1.29, 1.82) is 0 Å². The minimum atomic E-state index is -4.74. The van der Waals surface area contributed by atoms with Crippen LogP contribution in [0.4, 0.5) is 13.2 Å². The van der Waals surface area contributed by atoms with Crippen LogP contribution in [0, 0.1) is 5.92 Å². The zero-order valence-electron chi connectivity index (χ0n) is 11.5. The molecule has 0 aliphatic heterocycles. The van der Waals surface area contributed by atoms with Gasteiger partial charge in [0.25, 0.3) is 0 Å². The smallest absolute Gasteiger partial charge is 0.406 e. The first kappa shape index (κ1) is 16.8. The molecule has 114 valence electrons. The lowest BCUT2D eigenvalue weighted by Crippen LogP contribution is -2.26. The van der Waals surface area contributed by atoms with E-state index in [0.29, 0.717) is 17.9 Å². The summed E-state index contributed by atoms with van der Waals surface area (Å²) >= 11 is 0. The van der Waals surface area contributed by atoms with Crippen molar-refractivity contribution in [1.82, 2.24) is 0 Å². The Morgan fingerprint density at radius 2 is 1.90 bits per heavy atom. The maximum atomic E-state index is 12.1. The normalized spacial score (nSPS) is 15.2. The second kappa shape index (κ2) is 6.95. The van der Waals surface area contributed by atoms with Gasteiger partial charge in [-0.2, -0.15) is 0 Å². The second-order valence-electron chi connectivity index (χ2n) is 5.18. The first-order valence-electron chi connectivity index (χ1n) is 6.48. The highest BCUT2D eigenvalue weighted by molar-refractivity contribution is 5.31. The number of benzene rings is 1. The van der Waals surface area contributed by atoms with Gasteiger partial charge in [0.1, 0.15) is 5.75 Å². The van der Waals surface area contributed by atoms with Crippen LogP contribution in [-0.4, -0.2) is 17.6 Å². The molecule has 1 aromatic carbocycles. The van der Waals surface area contributed by atoms with E-state index in [1.807, 2.05) is 13.8 Å². The molecule has 1 aromatic rings. The summed E-state index contributed by atoms with van der Waals surface area (Å²) in [6.07, 6.45) is -4.23. The van der Waals surface area contributed by atoms with Crippen LogP contribution in [0.25, 0.3) is 0 Å². The molecule has 0 aliphatic rings. The summed E-state index contributed by atoms with van der Waals surface area (Å²) < 4.78 is 40.3. The molecule has 0 bridgehead atoms. The average Bonchev–Trinajstić information content (AvgIpc) is 2.33. The topological polar surface area (TPSA) is 55.5 Å². The molecule has 0 radical (unpaired) electrons. The number of nitrogens with two attached hydrogens (primary N) is 1. The number of rotatable bonds is 6. The molecule has 2 atom stereocenters. The number of ether oxygens (including phenoxy) is 1. The Morgan fingerprint density at radius 1 is 1.25 bits per heavy atom. The summed E-state index contributed by atoms with van der Waals surface area (Å²) in [7, 11) is 0. The lowest BCUT2D eigenvalue weighted by atomic mass is 9.96. The SMILES string of the molecule is CC(C)CC[C@@H](O)[C@@H](N)c1cccc(OC(F)(F)F)c1. The van der Waals surface area contributed by atoms with Crippen molar-refractivity contribution in [2.45, 2.75) is 45.2 Å². The van der Waals surface area contributed by atoms with Crippen molar-refractivity contribution in [3.8, 4) is 5.75 Å². The largest absolute Gasteiger partial charge is 0.573 e. The first-order chi connectivity index (χ1) is 9.19. The van der Waals surface area contributed by atoms with Gasteiger partial charge in [-0.15, -0.1) is 13.2 Å². The fourth-order valence-electron chi connectivity index (χ4n) is 1.82. The van der Waals surface area contributed by atoms with Crippen molar-refractivity contribution >= 4 is 0 Å². The van der Waals surface area contributed by atoms with Gasteiger partial charge in [0.05, 0.1) is 12.1 Å². The lowest BCUT2D eigenvalue weighted by Gasteiger charge is -2.20. The van der Waals surface area contributed by atoms with Crippen molar-refractivity contribution in [2.24, 2.45) is 11.7 Å². The average molecular weight is 291 g/mol. The molecule has 0 saturated heterocycles. The van der Waals surface area contributed by atoms with Crippen LogP contribution in [0.3, 0.4) is 0 Å². The van der Waals surface area contributed by atoms with E-state index in [9.17, 15) is 18.3 Å². The number of alkyl halides is 3. The van der Waals surface area contributed by atoms with Gasteiger partial charge in [-0.1, -0.05) is 26.0 Å². The molecule has 20 heavy (non-hydrogen) atoms. The van der Waals surface area contributed by atoms with E-state index in [-0.39, 0.29) is 5.75 Å². The molecule has 0 aliphatic carbocycles. The maximum Gasteiger partial charge on any atom is 0.573 e. The summed E-state index contributed by atoms with van der Waals surface area (Å²) in [5.41, 5.74) is 6.29. The standard InChI is InChI=1S/C14H20F3NO2/c1-9(2)6-7-12(19)13(18)10-4-3-5-11(8-10)20-14(15,16)17/h3-5,8-9,12-13,19H,6-7,18H2,1-2H3/t12-,13+/m1/s1. The van der Waals surface area contributed by atoms with E-state index in [1.165, 1.54) is 18.2 Å². The molecule has 3 nitrogen and oxygen atoms in total. The van der Waals surface area contributed by atoms with E-state index in [1.54, 1.807) is 6.07 Å². The molecule has 0 spiro atoms. The Morgan fingerprint density at radius 3 is 2.45 bits per heavy atom. The van der Waals surface area contributed by atoms with E-state index in [4.69, 9.17) is 5.73 Å². The van der Waals surface area contributed by atoms with Crippen molar-refractivity contribution in [3.05, 3.63) is 29.8 Å². The highest BCUT2D eigenvalue weighted by Crippen LogP contribution is 2.27. The molecule has 6 heteroatoms. The molecule has 0 unspecified atom stereocenters. The van der Waals surface area contributed by atoms with E-state index in [0.717, 1.165) is 6.42 Å². The quantitative estimate of drug-likeness (QED) is 0.844. The summed E-state index contributed by atoms with van der Waals surface area (Å²) in [6, 6.07) is 4.67. The zero-order valence-corrected chi connectivity index (χ0v) is 11.5. The predicted octanol–water partition coefficient (Wildman–Crippen LogP) is 3.38. The number of halogens is 3. The Bertz CT molecular complexity index is 421. The second-order valence-corrected chi connectivity index (χ2v) is 5.18. The summed E-state index contributed by atoms with van der Waals surface area (Å²) in [6.45, 7) is 4.05. The lowest BCUT2D eigenvalue weighted by molar-refractivity contribution is -0.274. The molecule has 0 heterocycles. The fraction of sp³-hybridized carbons (Fsp3) is 0.571. The highest BCUT2D eigenvalue weighted by atomic mass is 19.4. The number of hydrogen-bond acceptors (Lipinski definition) is 3. The van der Waals surface area contributed by atoms with Gasteiger partial charge in [0.15, 0.2) is 0 Å². The molecule has 0 amide bonds. The molecular weight excluding hydrogens is 271 g/mol. The third-order valence-electron chi connectivity index (χ3n) is 2.93. The minimum absolute atomic E-state index is 0.332. The molecule has 1 rings (SSSR count). The molecule has 0 aromatic heterocycles. The number of hydrogen-bond donors (Lipinski definition) is 2. The van der Waals surface area contributed by atoms with Gasteiger partial charge in [-0.25, -0.2) is 0 Å². The van der Waals surface area contributed by atoms with Gasteiger partial charge < -0.3 is 15.6 Å². The molecule has 0 fully saturated rings. The van der Waals surface area contributed by atoms with Gasteiger partial charge in [-0.3, -0.25) is 0 Å². The first-order valence-corrected chi connectivity index (χ1v) is 6.48. The molecule has 3 N–H and O–H groups in total. The Hall–Kier alpha value is -1.27. The highest BCUT2D eigenvalue weighted by Gasteiger charge is 2.31. The van der Waals surface area contributed by atoms with Crippen LogP contribution in [0.15, 0.2) is 24.3 Å². The van der Waals surface area contributed by atoms with Gasteiger partial charge in [0, 0.05) is 0 Å². The van der Waals surface area contributed by atoms with Gasteiger partial charge in [-0.05, 0) is 36.5 Å². The third-order valence-corrected chi connectivity index (χ3v) is 2.93. The van der Waals surface area contributed by atoms with Gasteiger partial charge in [0.2, 0.25) is 0 Å². The van der Waals surface area contributed by atoms with E-state index >= 15 is 0 Å². The molecular formula is C14H20F3NO2. The maximum absolute atomic E-state index is 12.1. The molecule has 0 saturated carbocycles. The number of aliphatic hydroxyl groups is 1. The van der Waals surface area contributed by atoms with Crippen LogP contribution in [-0.2, 0) is 0 Å². The number of aliphatic hydroxyl groups excluding tert-OH is 1. The van der Waals surface area contributed by atoms with Crippen LogP contribution < -0.4 is 10.5 Å². The summed E-state index contributed by atoms with van der Waals surface area (Å²) in [5, 5.41) is 9.96. The Labute approximate surface area is 116 Å². The van der Waals surface area contributed by atoms with E-state index in [2.05, 4.69) is 4.74 Å². The third kappa shape index (κ3) is 5.79. The monoisotopic (exact) mass is 291 g/mol.